The molecule has 1 aliphatic carbocycles. The fourth-order valence-corrected chi connectivity index (χ4v) is 10.5. The van der Waals surface area contributed by atoms with Gasteiger partial charge in [-0.15, -0.1) is 22.7 Å². The van der Waals surface area contributed by atoms with Crippen LogP contribution >= 0.6 is 22.7 Å². The highest BCUT2D eigenvalue weighted by Gasteiger charge is 2.32. The highest BCUT2D eigenvalue weighted by Crippen LogP contribution is 2.50. The summed E-state index contributed by atoms with van der Waals surface area (Å²) in [4.78, 5) is 16.9. The van der Waals surface area contributed by atoms with Crippen molar-refractivity contribution in [3.63, 3.8) is 0 Å². The summed E-state index contributed by atoms with van der Waals surface area (Å²) in [5, 5.41) is 5.86. The molecule has 0 fully saturated rings. The van der Waals surface area contributed by atoms with E-state index in [-0.39, 0.29) is 5.92 Å². The second-order valence-corrected chi connectivity index (χ2v) is 15.7. The Morgan fingerprint density at radius 1 is 0.558 bits per heavy atom. The molecular weight excluding hydrogens is 675 g/mol. The number of fused-ring (bicyclic) bond motifs is 9. The van der Waals surface area contributed by atoms with Gasteiger partial charge in [0, 0.05) is 68.7 Å². The fraction of sp³-hybridized carbons (Fsp3) is 0.0652. The van der Waals surface area contributed by atoms with E-state index in [2.05, 4.69) is 128 Å². The van der Waals surface area contributed by atoms with Crippen molar-refractivity contribution in [3.05, 3.63) is 156 Å². The van der Waals surface area contributed by atoms with Gasteiger partial charge in [-0.3, -0.25) is 0 Å². The average molecular weight is 704 g/mol. The average Bonchev–Trinajstić information content (AvgIpc) is 3.89. The van der Waals surface area contributed by atoms with Crippen LogP contribution in [0.4, 0.5) is 0 Å². The van der Waals surface area contributed by atoms with Crippen LogP contribution in [0.25, 0.3) is 92.4 Å². The first-order chi connectivity index (χ1) is 25.7. The number of benzene rings is 6. The summed E-state index contributed by atoms with van der Waals surface area (Å²) in [5.41, 5.74) is 7.09. The molecule has 6 heteroatoms. The molecule has 4 heterocycles. The third-order valence-corrected chi connectivity index (χ3v) is 12.9. The van der Waals surface area contributed by atoms with Gasteiger partial charge in [-0.05, 0) is 59.3 Å². The predicted molar refractivity (Wildman–Crippen MR) is 218 cm³/mol. The third-order valence-electron chi connectivity index (χ3n) is 10.5. The van der Waals surface area contributed by atoms with Crippen LogP contribution in [0.15, 0.2) is 144 Å². The lowest BCUT2D eigenvalue weighted by molar-refractivity contribution is 0.607. The first-order valence-electron chi connectivity index (χ1n) is 17.6. The summed E-state index contributed by atoms with van der Waals surface area (Å²) in [7, 11) is 0. The summed E-state index contributed by atoms with van der Waals surface area (Å²) >= 11 is 3.71. The molecule has 11 rings (SSSR count). The number of para-hydroxylation sites is 1. The smallest absolute Gasteiger partial charge is 0.164 e. The lowest BCUT2D eigenvalue weighted by atomic mass is 9.79. The van der Waals surface area contributed by atoms with Crippen LogP contribution in [0.3, 0.4) is 0 Å². The summed E-state index contributed by atoms with van der Waals surface area (Å²) in [6.45, 7) is 2.31. The van der Waals surface area contributed by atoms with Gasteiger partial charge >= 0.3 is 0 Å². The maximum Gasteiger partial charge on any atom is 0.164 e. The van der Waals surface area contributed by atoms with Crippen molar-refractivity contribution in [1.82, 2.24) is 15.0 Å². The molecule has 0 bridgehead atoms. The van der Waals surface area contributed by atoms with Gasteiger partial charge in [0.25, 0.3) is 0 Å². The molecule has 10 aromatic rings. The van der Waals surface area contributed by atoms with Crippen LogP contribution in [-0.4, -0.2) is 15.0 Å². The Morgan fingerprint density at radius 3 is 2.08 bits per heavy atom. The zero-order valence-corrected chi connectivity index (χ0v) is 29.7. The number of rotatable bonds is 4. The third kappa shape index (κ3) is 4.54. The SMILES string of the molecule is CC1C=Cc2c(sc3ccccc23)C1c1ccc(-c2nc(-c3ccccc3)nc(-c3ccc4sc5ccccc5c4c3)n2)c2c1oc1ccccc12. The highest BCUT2D eigenvalue weighted by atomic mass is 32.1. The van der Waals surface area contributed by atoms with E-state index in [4.69, 9.17) is 19.4 Å². The van der Waals surface area contributed by atoms with E-state index in [9.17, 15) is 0 Å². The van der Waals surface area contributed by atoms with E-state index < -0.39 is 0 Å². The zero-order chi connectivity index (χ0) is 34.3. The van der Waals surface area contributed by atoms with Crippen molar-refractivity contribution < 1.29 is 4.42 Å². The van der Waals surface area contributed by atoms with E-state index in [1.165, 1.54) is 46.3 Å². The molecular formula is C46H29N3OS2. The summed E-state index contributed by atoms with van der Waals surface area (Å²) in [6, 6.07) is 46.9. The minimum absolute atomic E-state index is 0.149. The standard InChI is InChI=1S/C46H29N3OS2/c1-26-19-21-31-29-13-6-10-18-38(29)52-43(31)40(26)33-22-23-34(41-32-15-5-8-16-36(32)50-42(33)41)46-48-44(27-11-3-2-4-12-27)47-45(49-46)28-20-24-39-35(25-28)30-14-7-9-17-37(30)51-39/h2-26,40H,1H3. The minimum atomic E-state index is 0.149. The second-order valence-electron chi connectivity index (χ2n) is 13.6. The van der Waals surface area contributed by atoms with Crippen molar-refractivity contribution in [2.24, 2.45) is 5.92 Å². The monoisotopic (exact) mass is 703 g/mol. The van der Waals surface area contributed by atoms with Gasteiger partial charge in [0.15, 0.2) is 17.5 Å². The van der Waals surface area contributed by atoms with E-state index in [1.54, 1.807) is 0 Å². The lowest BCUT2D eigenvalue weighted by Gasteiger charge is -2.26. The number of aromatic nitrogens is 3. The van der Waals surface area contributed by atoms with Gasteiger partial charge in [0.2, 0.25) is 0 Å². The molecule has 0 radical (unpaired) electrons. The molecule has 6 aromatic carbocycles. The quantitative estimate of drug-likeness (QED) is 0.183. The molecule has 4 aromatic heterocycles. The molecule has 246 valence electrons. The fourth-order valence-electron chi connectivity index (χ4n) is 8.00. The summed E-state index contributed by atoms with van der Waals surface area (Å²) in [6.07, 6.45) is 4.67. The first kappa shape index (κ1) is 29.7. The predicted octanol–water partition coefficient (Wildman–Crippen LogP) is 13.1. The first-order valence-corrected chi connectivity index (χ1v) is 19.2. The Bertz CT molecular complexity index is 3060. The molecule has 0 spiro atoms. The summed E-state index contributed by atoms with van der Waals surface area (Å²) in [5.74, 6) is 2.35. The molecule has 0 saturated carbocycles. The second kappa shape index (κ2) is 11.5. The van der Waals surface area contributed by atoms with Gasteiger partial charge < -0.3 is 4.42 Å². The topological polar surface area (TPSA) is 51.8 Å². The van der Waals surface area contributed by atoms with Gasteiger partial charge in [-0.25, -0.2) is 15.0 Å². The van der Waals surface area contributed by atoms with Gasteiger partial charge in [0.1, 0.15) is 11.2 Å². The molecule has 0 amide bonds. The van der Waals surface area contributed by atoms with Crippen LogP contribution in [0, 0.1) is 5.92 Å². The molecule has 4 nitrogen and oxygen atoms in total. The lowest BCUT2D eigenvalue weighted by Crippen LogP contribution is -2.12. The number of thiophene rings is 2. The van der Waals surface area contributed by atoms with Crippen LogP contribution in [-0.2, 0) is 0 Å². The maximum atomic E-state index is 6.86. The molecule has 0 aliphatic heterocycles. The molecule has 0 saturated heterocycles. The van der Waals surface area contributed by atoms with Crippen molar-refractivity contribution in [2.45, 2.75) is 12.8 Å². The van der Waals surface area contributed by atoms with Crippen molar-refractivity contribution in [2.75, 3.05) is 0 Å². The number of furan rings is 1. The van der Waals surface area contributed by atoms with Gasteiger partial charge in [-0.2, -0.15) is 0 Å². The highest BCUT2D eigenvalue weighted by molar-refractivity contribution is 7.25. The van der Waals surface area contributed by atoms with Crippen molar-refractivity contribution in [3.8, 4) is 34.2 Å². The van der Waals surface area contributed by atoms with Crippen molar-refractivity contribution >= 4 is 80.9 Å². The minimum Gasteiger partial charge on any atom is -0.456 e. The summed E-state index contributed by atoms with van der Waals surface area (Å²) < 4.78 is 10.7. The zero-order valence-electron chi connectivity index (χ0n) is 28.1. The van der Waals surface area contributed by atoms with E-state index in [1.807, 2.05) is 46.9 Å². The molecule has 52 heavy (non-hydrogen) atoms. The number of allylic oxidation sites excluding steroid dienone is 1. The van der Waals surface area contributed by atoms with Crippen molar-refractivity contribution in [1.29, 1.82) is 0 Å². The van der Waals surface area contributed by atoms with Crippen LogP contribution in [0.1, 0.15) is 28.8 Å². The number of hydrogen-bond acceptors (Lipinski definition) is 6. The Morgan fingerprint density at radius 2 is 1.23 bits per heavy atom. The van der Waals surface area contributed by atoms with E-state index in [0.717, 1.165) is 38.6 Å². The van der Waals surface area contributed by atoms with Gasteiger partial charge in [0.05, 0.1) is 0 Å². The van der Waals surface area contributed by atoms with Crippen LogP contribution < -0.4 is 0 Å². The molecule has 2 atom stereocenters. The Labute approximate surface area is 307 Å². The Kier molecular flexibility index (Phi) is 6.60. The van der Waals surface area contributed by atoms with Crippen LogP contribution in [0.5, 0.6) is 0 Å². The van der Waals surface area contributed by atoms with E-state index in [0.29, 0.717) is 23.4 Å². The van der Waals surface area contributed by atoms with E-state index >= 15 is 0 Å². The Balaban J connectivity index is 1.16. The largest absolute Gasteiger partial charge is 0.456 e. The van der Waals surface area contributed by atoms with Crippen LogP contribution in [0.2, 0.25) is 0 Å². The molecule has 0 N–H and O–H groups in total. The number of nitrogens with zero attached hydrogens (tertiary/aromatic N) is 3. The van der Waals surface area contributed by atoms with Gasteiger partial charge in [-0.1, -0.05) is 110 Å². The number of hydrogen-bond donors (Lipinski definition) is 0. The Hall–Kier alpha value is -5.95. The molecule has 2 unspecified atom stereocenters. The normalized spacial score (nSPS) is 15.7. The maximum absolute atomic E-state index is 6.86. The molecule has 1 aliphatic rings.